The van der Waals surface area contributed by atoms with E-state index < -0.39 is 23.8 Å². The fourth-order valence-corrected chi connectivity index (χ4v) is 4.61. The number of aromatic nitrogens is 2. The van der Waals surface area contributed by atoms with Gasteiger partial charge in [-0.1, -0.05) is 0 Å². The van der Waals surface area contributed by atoms with Crippen LogP contribution in [0, 0.1) is 6.92 Å². The summed E-state index contributed by atoms with van der Waals surface area (Å²) >= 11 is 1.31. The first-order chi connectivity index (χ1) is 13.9. The molecule has 0 atom stereocenters. The lowest BCUT2D eigenvalue weighted by molar-refractivity contribution is -0.143. The van der Waals surface area contributed by atoms with Gasteiger partial charge >= 0.3 is 17.7 Å². The Bertz CT molecular complexity index is 1050. The average molecular weight is 424 g/mol. The summed E-state index contributed by atoms with van der Waals surface area (Å²) in [7, 11) is 1.52. The van der Waals surface area contributed by atoms with Crippen LogP contribution in [0.3, 0.4) is 0 Å². The summed E-state index contributed by atoms with van der Waals surface area (Å²) in [5.74, 6) is -0.647. The maximum atomic E-state index is 13.1. The normalized spacial score (nSPS) is 13.9. The second-order valence-corrected chi connectivity index (χ2v) is 7.69. The van der Waals surface area contributed by atoms with Crippen LogP contribution in [0.2, 0.25) is 0 Å². The SMILES string of the molecule is CCOC(=O)Cn1c(=O)c2c(C)c(CN3CCNC3=O)sc2n(CCOC)c1=O. The minimum atomic E-state index is -0.647. The molecular formula is C18H24N4O6S. The number of methoxy groups -OCH3 is 1. The highest BCUT2D eigenvalue weighted by Gasteiger charge is 2.25. The molecule has 2 aromatic rings. The fraction of sp³-hybridized carbons (Fsp3) is 0.556. The van der Waals surface area contributed by atoms with Crippen molar-refractivity contribution in [1.29, 1.82) is 0 Å². The van der Waals surface area contributed by atoms with Crippen LogP contribution in [0.15, 0.2) is 9.59 Å². The minimum absolute atomic E-state index is 0.154. The standard InChI is InChI=1S/C18H24N4O6S/c1-4-28-13(23)10-22-15(24)14-11(2)12(9-20-6-5-19-17(20)25)29-16(14)21(18(22)26)7-8-27-3/h4-10H2,1-3H3,(H,19,25). The van der Waals surface area contributed by atoms with Crippen LogP contribution >= 0.6 is 11.3 Å². The number of nitrogens with zero attached hydrogens (tertiary/aromatic N) is 3. The maximum absolute atomic E-state index is 13.1. The van der Waals surface area contributed by atoms with Gasteiger partial charge in [0.2, 0.25) is 0 Å². The number of amides is 2. The van der Waals surface area contributed by atoms with Crippen LogP contribution in [0.25, 0.3) is 10.2 Å². The number of urea groups is 1. The van der Waals surface area contributed by atoms with Crippen molar-refractivity contribution in [3.8, 4) is 0 Å². The molecule has 0 aromatic carbocycles. The largest absolute Gasteiger partial charge is 0.465 e. The summed E-state index contributed by atoms with van der Waals surface area (Å²) in [4.78, 5) is 52.9. The number of esters is 1. The third kappa shape index (κ3) is 4.06. The van der Waals surface area contributed by atoms with E-state index in [0.29, 0.717) is 35.4 Å². The quantitative estimate of drug-likeness (QED) is 0.609. The van der Waals surface area contributed by atoms with E-state index in [1.165, 1.54) is 23.0 Å². The Balaban J connectivity index is 2.14. The van der Waals surface area contributed by atoms with Crippen LogP contribution < -0.4 is 16.6 Å². The van der Waals surface area contributed by atoms with Crippen molar-refractivity contribution in [3.63, 3.8) is 0 Å². The van der Waals surface area contributed by atoms with Crippen LogP contribution in [-0.2, 0) is 33.9 Å². The molecule has 11 heteroatoms. The highest BCUT2D eigenvalue weighted by atomic mass is 32.1. The van der Waals surface area contributed by atoms with Crippen LogP contribution in [0.1, 0.15) is 17.4 Å². The van der Waals surface area contributed by atoms with Gasteiger partial charge in [0.15, 0.2) is 0 Å². The number of ether oxygens (including phenoxy) is 2. The van der Waals surface area contributed by atoms with E-state index in [-0.39, 0.29) is 25.8 Å². The Labute approximate surface area is 170 Å². The summed E-state index contributed by atoms with van der Waals surface area (Å²) in [6.07, 6.45) is 0. The third-order valence-corrected chi connectivity index (χ3v) is 6.08. The van der Waals surface area contributed by atoms with Crippen molar-refractivity contribution in [2.24, 2.45) is 0 Å². The number of fused-ring (bicyclic) bond motifs is 1. The second-order valence-electron chi connectivity index (χ2n) is 6.61. The van der Waals surface area contributed by atoms with Crippen molar-refractivity contribution in [2.45, 2.75) is 33.5 Å². The van der Waals surface area contributed by atoms with Gasteiger partial charge in [0.25, 0.3) is 5.56 Å². The molecule has 0 bridgehead atoms. The van der Waals surface area contributed by atoms with E-state index in [4.69, 9.17) is 9.47 Å². The Kier molecular flexibility index (Phi) is 6.38. The van der Waals surface area contributed by atoms with Crippen molar-refractivity contribution in [2.75, 3.05) is 33.4 Å². The molecule has 29 heavy (non-hydrogen) atoms. The number of hydrogen-bond donors (Lipinski definition) is 1. The van der Waals surface area contributed by atoms with Gasteiger partial charge in [-0.3, -0.25) is 14.2 Å². The summed E-state index contributed by atoms with van der Waals surface area (Å²) in [6, 6.07) is -0.154. The number of thiophene rings is 1. The van der Waals surface area contributed by atoms with E-state index in [9.17, 15) is 19.2 Å². The molecule has 3 heterocycles. The third-order valence-electron chi connectivity index (χ3n) is 4.78. The van der Waals surface area contributed by atoms with Crippen LogP contribution in [0.4, 0.5) is 4.79 Å². The number of nitrogens with one attached hydrogen (secondary N) is 1. The van der Waals surface area contributed by atoms with E-state index in [0.717, 1.165) is 9.44 Å². The van der Waals surface area contributed by atoms with Gasteiger partial charge in [-0.25, -0.2) is 14.2 Å². The zero-order valence-corrected chi connectivity index (χ0v) is 17.5. The van der Waals surface area contributed by atoms with Crippen molar-refractivity contribution in [1.82, 2.24) is 19.4 Å². The Morgan fingerprint density at radius 3 is 2.62 bits per heavy atom. The molecular weight excluding hydrogens is 400 g/mol. The summed E-state index contributed by atoms with van der Waals surface area (Å²) in [5, 5.41) is 3.13. The van der Waals surface area contributed by atoms with Crippen molar-refractivity contribution in [3.05, 3.63) is 31.3 Å². The van der Waals surface area contributed by atoms with E-state index in [1.54, 1.807) is 18.7 Å². The second kappa shape index (κ2) is 8.78. The molecule has 0 unspecified atom stereocenters. The highest BCUT2D eigenvalue weighted by molar-refractivity contribution is 7.18. The van der Waals surface area contributed by atoms with Crippen molar-refractivity contribution < 1.29 is 19.1 Å². The number of rotatable bonds is 8. The minimum Gasteiger partial charge on any atom is -0.465 e. The first-order valence-corrected chi connectivity index (χ1v) is 10.1. The zero-order valence-electron chi connectivity index (χ0n) is 16.6. The zero-order chi connectivity index (χ0) is 21.1. The number of hydrogen-bond acceptors (Lipinski definition) is 7. The molecule has 158 valence electrons. The highest BCUT2D eigenvalue weighted by Crippen LogP contribution is 2.29. The molecule has 3 rings (SSSR count). The predicted molar refractivity (Wildman–Crippen MR) is 107 cm³/mol. The molecule has 1 fully saturated rings. The monoisotopic (exact) mass is 424 g/mol. The van der Waals surface area contributed by atoms with Gasteiger partial charge in [0, 0.05) is 25.1 Å². The lowest BCUT2D eigenvalue weighted by atomic mass is 10.2. The van der Waals surface area contributed by atoms with Gasteiger partial charge in [-0.2, -0.15) is 0 Å². The molecule has 1 saturated heterocycles. The molecule has 2 amide bonds. The summed E-state index contributed by atoms with van der Waals surface area (Å²) in [6.45, 7) is 5.18. The van der Waals surface area contributed by atoms with Gasteiger partial charge in [-0.15, -0.1) is 11.3 Å². The summed E-state index contributed by atoms with van der Waals surface area (Å²) < 4.78 is 12.4. The molecule has 1 N–H and O–H groups in total. The first-order valence-electron chi connectivity index (χ1n) is 9.32. The maximum Gasteiger partial charge on any atom is 0.332 e. The Morgan fingerprint density at radius 2 is 2.00 bits per heavy atom. The number of aryl methyl sites for hydroxylation is 1. The van der Waals surface area contributed by atoms with Gasteiger partial charge in [0.05, 0.1) is 31.7 Å². The molecule has 1 aliphatic heterocycles. The van der Waals surface area contributed by atoms with Crippen molar-refractivity contribution >= 4 is 33.6 Å². The molecule has 1 aliphatic rings. The van der Waals surface area contributed by atoms with Gasteiger partial charge in [0.1, 0.15) is 11.4 Å². The Hall–Kier alpha value is -2.66. The summed E-state index contributed by atoms with van der Waals surface area (Å²) in [5.41, 5.74) is -0.407. The molecule has 2 aromatic heterocycles. The van der Waals surface area contributed by atoms with Crippen LogP contribution in [-0.4, -0.2) is 59.4 Å². The number of carbonyl (C=O) groups is 2. The molecule has 0 saturated carbocycles. The fourth-order valence-electron chi connectivity index (χ4n) is 3.28. The first kappa shape index (κ1) is 21.1. The predicted octanol–water partition coefficient (Wildman–Crippen LogP) is 0.268. The molecule has 0 spiro atoms. The van der Waals surface area contributed by atoms with Gasteiger partial charge in [-0.05, 0) is 19.4 Å². The van der Waals surface area contributed by atoms with Crippen LogP contribution in [0.5, 0.6) is 0 Å². The average Bonchev–Trinajstić information content (AvgIpc) is 3.23. The molecule has 0 radical (unpaired) electrons. The van der Waals surface area contributed by atoms with E-state index in [2.05, 4.69) is 5.32 Å². The molecule has 0 aliphatic carbocycles. The smallest absolute Gasteiger partial charge is 0.332 e. The molecule has 10 nitrogen and oxygen atoms in total. The Morgan fingerprint density at radius 1 is 1.24 bits per heavy atom. The number of carbonyl (C=O) groups excluding carboxylic acids is 2. The van der Waals surface area contributed by atoms with E-state index >= 15 is 0 Å². The lowest BCUT2D eigenvalue weighted by Crippen LogP contribution is -2.42. The topological polar surface area (TPSA) is 112 Å². The van der Waals surface area contributed by atoms with Gasteiger partial charge < -0.3 is 19.7 Å². The van der Waals surface area contributed by atoms with E-state index in [1.807, 2.05) is 0 Å². The lowest BCUT2D eigenvalue weighted by Gasteiger charge is -2.12.